The molecule has 3 heterocycles. The van der Waals surface area contributed by atoms with Crippen LogP contribution in [-0.4, -0.2) is 126 Å². The van der Waals surface area contributed by atoms with Crippen molar-refractivity contribution in [2.45, 2.75) is 102 Å². The number of hydroxylamine groups is 2. The van der Waals surface area contributed by atoms with Crippen molar-refractivity contribution in [2.24, 2.45) is 10.5 Å². The van der Waals surface area contributed by atoms with Crippen LogP contribution in [0.2, 0.25) is 0 Å². The van der Waals surface area contributed by atoms with Crippen LogP contribution in [-0.2, 0) is 65.1 Å². The molecule has 2 unspecified atom stereocenters. The summed E-state index contributed by atoms with van der Waals surface area (Å²) >= 11 is 0. The zero-order valence-electron chi connectivity index (χ0n) is 34.5. The number of fused-ring (bicyclic) bond motifs is 1. The third-order valence-corrected chi connectivity index (χ3v) is 14.3. The van der Waals surface area contributed by atoms with E-state index >= 15 is 0 Å². The van der Waals surface area contributed by atoms with E-state index in [0.29, 0.717) is 59.2 Å². The lowest BCUT2D eigenvalue weighted by Crippen LogP contribution is -2.32. The summed E-state index contributed by atoms with van der Waals surface area (Å²) < 4.78 is 134. The Morgan fingerprint density at radius 3 is 1.95 bits per heavy atom. The van der Waals surface area contributed by atoms with Gasteiger partial charge in [0.1, 0.15) is 6.54 Å². The minimum absolute atomic E-state index is 0.0204. The van der Waals surface area contributed by atoms with Crippen molar-refractivity contribution in [2.75, 3.05) is 30.3 Å². The molecule has 0 aliphatic carbocycles. The second-order valence-electron chi connectivity index (χ2n) is 15.7. The fourth-order valence-electron chi connectivity index (χ4n) is 7.75. The van der Waals surface area contributed by atoms with Crippen LogP contribution >= 0.6 is 0 Å². The van der Waals surface area contributed by atoms with Gasteiger partial charge in [-0.15, -0.1) is 5.06 Å². The zero-order chi connectivity index (χ0) is 46.3. The average Bonchev–Trinajstić information content (AvgIpc) is 3.66. The van der Waals surface area contributed by atoms with Crippen molar-refractivity contribution in [1.29, 1.82) is 0 Å². The summed E-state index contributed by atoms with van der Waals surface area (Å²) in [5.41, 5.74) is 0.894. The molecule has 0 saturated carbocycles. The third kappa shape index (κ3) is 13.7. The van der Waals surface area contributed by atoms with Gasteiger partial charge in [0, 0.05) is 66.8 Å². The number of rotatable bonds is 23. The van der Waals surface area contributed by atoms with E-state index in [1.165, 1.54) is 18.2 Å². The third-order valence-electron chi connectivity index (χ3n) is 11.0. The molecule has 20 nitrogen and oxygen atoms in total. The average molecular weight is 950 g/mol. The number of hydrazone groups is 1. The maximum Gasteiger partial charge on any atom is 0.333 e. The first kappa shape index (κ1) is 50.5. The van der Waals surface area contributed by atoms with Crippen molar-refractivity contribution in [3.63, 3.8) is 0 Å². The summed E-state index contributed by atoms with van der Waals surface area (Å²) in [5, 5.41) is 6.62. The summed E-state index contributed by atoms with van der Waals surface area (Å²) in [6.45, 7) is 5.74. The topological polar surface area (TPSA) is 300 Å². The number of allylic oxidation sites excluding steroid dienone is 6. The zero-order valence-corrected chi connectivity index (χ0v) is 37.8. The maximum atomic E-state index is 12.4. The molecule has 1 aromatic carbocycles. The molecule has 1 saturated heterocycles. The van der Waals surface area contributed by atoms with Crippen LogP contribution in [0.1, 0.15) is 97.0 Å². The molecular formula is C38H53N4O16S4+. The number of hydrogen-bond donors (Lipinski definition) is 4. The largest absolute Gasteiger partial charge is 0.333 e. The molecule has 0 radical (unpaired) electrons. The van der Waals surface area contributed by atoms with Gasteiger partial charge in [0.05, 0.1) is 27.6 Å². The number of benzene rings is 1. The first-order chi connectivity index (χ1) is 28.6. The second kappa shape index (κ2) is 20.1. The minimum atomic E-state index is -4.67. The van der Waals surface area contributed by atoms with Crippen LogP contribution in [0.3, 0.4) is 0 Å². The van der Waals surface area contributed by atoms with Crippen LogP contribution in [0.25, 0.3) is 0 Å². The molecule has 344 valence electrons. The number of imide groups is 1. The highest BCUT2D eigenvalue weighted by atomic mass is 32.2. The standard InChI is InChI=1S/C38H52N4O16S4/c1-28-37(2,20-10-24-59(46,47)48)33(41(39-28)23-12-26-61(52,53)54)14-7-4-6-13-32-38(3,21-11-25-60(49,50)51)30-27-29(62(55,56)57)16-17-31(30)40(32)22-9-5-8-15-36(45)58-42-34(43)18-19-35(42)44/h4,6-7,13-14,16-17,27H,5,8-12,15,18-26H2,1-3H3,(H3-,46,47,48,49,50,51,52,53,54,55,56,57)/p+1. The van der Waals surface area contributed by atoms with E-state index in [-0.39, 0.29) is 57.9 Å². The van der Waals surface area contributed by atoms with Gasteiger partial charge in [0.25, 0.3) is 52.3 Å². The monoisotopic (exact) mass is 949 g/mol. The Bertz CT molecular complexity index is 2520. The van der Waals surface area contributed by atoms with E-state index in [4.69, 9.17) is 4.84 Å². The molecule has 0 bridgehead atoms. The molecule has 1 fully saturated rings. The number of amides is 2. The summed E-state index contributed by atoms with van der Waals surface area (Å²) in [6.07, 6.45) is 9.98. The normalized spacial score (nSPS) is 21.9. The van der Waals surface area contributed by atoms with Crippen molar-refractivity contribution in [1.82, 2.24) is 10.1 Å². The molecule has 0 aromatic heterocycles. The number of nitrogens with zero attached hydrogens (tertiary/aromatic N) is 4. The van der Waals surface area contributed by atoms with Crippen LogP contribution in [0, 0.1) is 5.41 Å². The maximum absolute atomic E-state index is 12.4. The molecule has 62 heavy (non-hydrogen) atoms. The lowest BCUT2D eigenvalue weighted by Gasteiger charge is -2.29. The molecule has 3 aliphatic rings. The van der Waals surface area contributed by atoms with Crippen molar-refractivity contribution < 1.29 is 75.7 Å². The van der Waals surface area contributed by atoms with Crippen LogP contribution in [0.4, 0.5) is 5.69 Å². The lowest BCUT2D eigenvalue weighted by molar-refractivity contribution is -0.438. The summed E-state index contributed by atoms with van der Waals surface area (Å²) in [5.74, 6) is -3.55. The molecule has 1 aromatic rings. The molecule has 4 N–H and O–H groups in total. The van der Waals surface area contributed by atoms with Gasteiger partial charge in [0.15, 0.2) is 5.71 Å². The molecular weight excluding hydrogens is 897 g/mol. The van der Waals surface area contributed by atoms with E-state index in [1.807, 2.05) is 11.5 Å². The Balaban J connectivity index is 1.67. The molecule has 24 heteroatoms. The summed E-state index contributed by atoms with van der Waals surface area (Å²) in [6, 6.07) is 4.06. The summed E-state index contributed by atoms with van der Waals surface area (Å²) in [4.78, 5) is 40.6. The molecule has 4 rings (SSSR count). The summed E-state index contributed by atoms with van der Waals surface area (Å²) in [7, 11) is -17.5. The van der Waals surface area contributed by atoms with Gasteiger partial charge < -0.3 is 4.84 Å². The highest BCUT2D eigenvalue weighted by molar-refractivity contribution is 7.86. The van der Waals surface area contributed by atoms with Gasteiger partial charge in [-0.25, -0.2) is 4.79 Å². The highest BCUT2D eigenvalue weighted by Crippen LogP contribution is 2.45. The van der Waals surface area contributed by atoms with Crippen LogP contribution < -0.4 is 0 Å². The highest BCUT2D eigenvalue weighted by Gasteiger charge is 2.48. The van der Waals surface area contributed by atoms with Gasteiger partial charge in [-0.2, -0.15) is 43.3 Å². The van der Waals surface area contributed by atoms with Gasteiger partial charge in [0.2, 0.25) is 5.69 Å². The van der Waals surface area contributed by atoms with Gasteiger partial charge in [-0.3, -0.25) is 32.8 Å². The first-order valence-electron chi connectivity index (χ1n) is 19.7. The number of carbonyl (C=O) groups excluding carboxylic acids is 3. The van der Waals surface area contributed by atoms with Crippen molar-refractivity contribution in [3.8, 4) is 0 Å². The molecule has 2 amide bonds. The van der Waals surface area contributed by atoms with E-state index in [2.05, 4.69) is 5.10 Å². The van der Waals surface area contributed by atoms with E-state index in [9.17, 15) is 66.3 Å². The van der Waals surface area contributed by atoms with Gasteiger partial charge >= 0.3 is 5.97 Å². The van der Waals surface area contributed by atoms with E-state index in [1.54, 1.807) is 49.2 Å². The quantitative estimate of drug-likeness (QED) is 0.0399. The van der Waals surface area contributed by atoms with Crippen molar-refractivity contribution in [3.05, 3.63) is 59.8 Å². The Morgan fingerprint density at radius 1 is 0.790 bits per heavy atom. The van der Waals surface area contributed by atoms with E-state index < -0.39 is 91.2 Å². The number of hydrogen-bond acceptors (Lipinski definition) is 14. The van der Waals surface area contributed by atoms with Crippen LogP contribution in [0.15, 0.2) is 64.3 Å². The minimum Gasteiger partial charge on any atom is -0.330 e. The first-order valence-corrected chi connectivity index (χ1v) is 26.0. The SMILES string of the molecule is CC1=NN(CCCS(=O)(=O)O)\C(=C/C=C/C=C/C2=[N+](CCCCCC(=O)ON3C(=O)CCC3=O)c3ccc(S(=O)(=O)O)cc3C2(C)CCCS(=O)(=O)O)C1(C)CCCS(=O)(=O)O. The lowest BCUT2D eigenvalue weighted by atomic mass is 9.76. The number of unbranched alkanes of at least 4 members (excludes halogenated alkanes) is 2. The van der Waals surface area contributed by atoms with Crippen molar-refractivity contribution >= 4 is 75.4 Å². The predicted octanol–water partition coefficient (Wildman–Crippen LogP) is 3.77. The fraction of sp³-hybridized carbons (Fsp3) is 0.553. The Hall–Kier alpha value is -4.17. The number of carbonyl (C=O) groups is 3. The molecule has 0 spiro atoms. The smallest absolute Gasteiger partial charge is 0.330 e. The Morgan fingerprint density at radius 2 is 1.37 bits per heavy atom. The Labute approximate surface area is 362 Å². The van der Waals surface area contributed by atoms with Crippen LogP contribution in [0.5, 0.6) is 0 Å². The second-order valence-corrected chi connectivity index (χ2v) is 21.9. The predicted molar refractivity (Wildman–Crippen MR) is 226 cm³/mol. The molecule has 3 aliphatic heterocycles. The Kier molecular flexibility index (Phi) is 16.4. The molecule has 2 atom stereocenters. The fourth-order valence-corrected chi connectivity index (χ4v) is 9.77. The van der Waals surface area contributed by atoms with E-state index in [0.717, 1.165) is 0 Å². The van der Waals surface area contributed by atoms with Gasteiger partial charge in [-0.05, 0) is 83.9 Å². The van der Waals surface area contributed by atoms with Gasteiger partial charge in [-0.1, -0.05) is 18.2 Å².